The largest absolute Gasteiger partial charge is 0.309 e. The number of nitrogens with zero attached hydrogens (tertiary/aromatic N) is 3. The minimum absolute atomic E-state index is 0.0159. The molecule has 13 rings (SSSR count). The molecule has 0 spiro atoms. The summed E-state index contributed by atoms with van der Waals surface area (Å²) >= 11 is 0. The lowest BCUT2D eigenvalue weighted by Gasteiger charge is -2.14. The molecule has 0 fully saturated rings. The van der Waals surface area contributed by atoms with E-state index in [0.29, 0.717) is 0 Å². The molecule has 0 bridgehead atoms. The molecule has 0 aliphatic rings. The van der Waals surface area contributed by atoms with Crippen molar-refractivity contribution in [3.63, 3.8) is 0 Å². The van der Waals surface area contributed by atoms with E-state index in [-0.39, 0.29) is 5.56 Å². The van der Waals surface area contributed by atoms with Gasteiger partial charge < -0.3 is 9.13 Å². The van der Waals surface area contributed by atoms with Crippen LogP contribution in [0.5, 0.6) is 0 Å². The maximum Gasteiger partial charge on any atom is 0.263 e. The van der Waals surface area contributed by atoms with Crippen molar-refractivity contribution in [2.75, 3.05) is 0 Å². The number of pyridine rings is 1. The number of aromatic nitrogens is 3. The molecule has 4 heteroatoms. The predicted octanol–water partition coefficient (Wildman–Crippen LogP) is 13.7. The van der Waals surface area contributed by atoms with Crippen LogP contribution in [0, 0.1) is 0 Å². The molecule has 4 aromatic heterocycles. The number of hydrogen-bond acceptors (Lipinski definition) is 1. The van der Waals surface area contributed by atoms with Crippen LogP contribution < -0.4 is 5.56 Å². The van der Waals surface area contributed by atoms with Gasteiger partial charge in [0.05, 0.1) is 33.1 Å². The standard InChI is InChI=1S/C55H33N3O/c59-55-45-23-11-20-39(53(45)44-22-12-21-43-40-17-4-9-26-50(40)58(55)54(43)44)36-13-10-16-38(31-36)57-49-25-8-6-19-42(49)47-33-35(28-30-52(47)57)34-27-29-51-46(32-34)41-18-5-7-24-48(41)56(51)37-14-2-1-3-15-37/h1-33H. The molecule has 274 valence electrons. The van der Waals surface area contributed by atoms with Gasteiger partial charge in [-0.05, 0) is 95.1 Å². The molecule has 0 atom stereocenters. The first-order chi connectivity index (χ1) is 29.2. The van der Waals surface area contributed by atoms with Crippen LogP contribution in [0.1, 0.15) is 0 Å². The quantitative estimate of drug-likeness (QED) is 0.165. The minimum atomic E-state index is 0.0159. The molecule has 9 aromatic carbocycles. The lowest BCUT2D eigenvalue weighted by atomic mass is 9.95. The van der Waals surface area contributed by atoms with Crippen LogP contribution in [0.15, 0.2) is 205 Å². The van der Waals surface area contributed by atoms with Gasteiger partial charge in [-0.25, -0.2) is 0 Å². The van der Waals surface area contributed by atoms with Crippen molar-refractivity contribution in [2.24, 2.45) is 0 Å². The van der Waals surface area contributed by atoms with Crippen molar-refractivity contribution in [1.29, 1.82) is 0 Å². The molecule has 4 nitrogen and oxygen atoms in total. The Morgan fingerprint density at radius 1 is 0.305 bits per heavy atom. The van der Waals surface area contributed by atoms with Gasteiger partial charge in [0, 0.05) is 59.9 Å². The van der Waals surface area contributed by atoms with Gasteiger partial charge in [0.25, 0.3) is 5.56 Å². The average molecular weight is 752 g/mol. The summed E-state index contributed by atoms with van der Waals surface area (Å²) in [6.07, 6.45) is 0. The second kappa shape index (κ2) is 12.0. The van der Waals surface area contributed by atoms with Crippen molar-refractivity contribution >= 4 is 81.6 Å². The third-order valence-corrected chi connectivity index (χ3v) is 12.6. The van der Waals surface area contributed by atoms with Crippen molar-refractivity contribution in [1.82, 2.24) is 13.5 Å². The number of fused-ring (bicyclic) bond motifs is 11. The van der Waals surface area contributed by atoms with Crippen molar-refractivity contribution in [3.8, 4) is 33.6 Å². The Bertz CT molecular complexity index is 3920. The van der Waals surface area contributed by atoms with Crippen LogP contribution in [-0.4, -0.2) is 13.5 Å². The maximum absolute atomic E-state index is 14.4. The Morgan fingerprint density at radius 2 is 0.797 bits per heavy atom. The highest BCUT2D eigenvalue weighted by atomic mass is 16.1. The molecule has 0 saturated heterocycles. The van der Waals surface area contributed by atoms with E-state index in [1.165, 1.54) is 43.7 Å². The third-order valence-electron chi connectivity index (χ3n) is 12.6. The van der Waals surface area contributed by atoms with E-state index in [0.717, 1.165) is 71.5 Å². The van der Waals surface area contributed by atoms with Crippen molar-refractivity contribution in [3.05, 3.63) is 211 Å². The number of hydrogen-bond donors (Lipinski definition) is 0. The zero-order valence-corrected chi connectivity index (χ0v) is 31.8. The molecule has 0 aliphatic carbocycles. The van der Waals surface area contributed by atoms with Crippen LogP contribution in [0.2, 0.25) is 0 Å². The molecule has 0 radical (unpaired) electrons. The summed E-state index contributed by atoms with van der Waals surface area (Å²) in [5.74, 6) is 0. The molecule has 4 heterocycles. The highest BCUT2D eigenvalue weighted by Gasteiger charge is 2.20. The fraction of sp³-hybridized carbons (Fsp3) is 0. The molecular formula is C55H33N3O. The fourth-order valence-electron chi connectivity index (χ4n) is 10.1. The van der Waals surface area contributed by atoms with Crippen LogP contribution >= 0.6 is 0 Å². The second-order valence-corrected chi connectivity index (χ2v) is 15.6. The van der Waals surface area contributed by atoms with E-state index in [4.69, 9.17) is 0 Å². The third kappa shape index (κ3) is 4.46. The molecule has 0 aliphatic heterocycles. The van der Waals surface area contributed by atoms with Crippen LogP contribution in [0.4, 0.5) is 0 Å². The Labute approximate surface area is 338 Å². The van der Waals surface area contributed by atoms with Crippen LogP contribution in [-0.2, 0) is 0 Å². The van der Waals surface area contributed by atoms with E-state index in [2.05, 4.69) is 179 Å². The number of benzene rings is 9. The van der Waals surface area contributed by atoms with Gasteiger partial charge in [-0.15, -0.1) is 0 Å². The zero-order valence-electron chi connectivity index (χ0n) is 31.8. The normalized spacial score (nSPS) is 12.1. The second-order valence-electron chi connectivity index (χ2n) is 15.6. The fourth-order valence-corrected chi connectivity index (χ4v) is 10.1. The summed E-state index contributed by atoms with van der Waals surface area (Å²) in [6, 6.07) is 71.4. The lowest BCUT2D eigenvalue weighted by molar-refractivity contribution is 1.18. The lowest BCUT2D eigenvalue weighted by Crippen LogP contribution is -2.13. The Kier molecular flexibility index (Phi) is 6.56. The molecular weight excluding hydrogens is 719 g/mol. The Hall–Kier alpha value is -7.95. The first-order valence-corrected chi connectivity index (χ1v) is 20.1. The summed E-state index contributed by atoms with van der Waals surface area (Å²) in [5, 5.41) is 9.90. The van der Waals surface area contributed by atoms with Gasteiger partial charge in [-0.2, -0.15) is 0 Å². The van der Waals surface area contributed by atoms with Crippen LogP contribution in [0.25, 0.3) is 115 Å². The van der Waals surface area contributed by atoms with Gasteiger partial charge >= 0.3 is 0 Å². The molecule has 59 heavy (non-hydrogen) atoms. The minimum Gasteiger partial charge on any atom is -0.309 e. The Morgan fingerprint density at radius 3 is 1.49 bits per heavy atom. The summed E-state index contributed by atoms with van der Waals surface area (Å²) in [7, 11) is 0. The molecule has 0 amide bonds. The first kappa shape index (κ1) is 32.2. The molecule has 13 aromatic rings. The smallest absolute Gasteiger partial charge is 0.263 e. The van der Waals surface area contributed by atoms with Gasteiger partial charge in [0.15, 0.2) is 0 Å². The van der Waals surface area contributed by atoms with E-state index < -0.39 is 0 Å². The summed E-state index contributed by atoms with van der Waals surface area (Å²) in [6.45, 7) is 0. The summed E-state index contributed by atoms with van der Waals surface area (Å²) < 4.78 is 6.66. The topological polar surface area (TPSA) is 31.3 Å². The summed E-state index contributed by atoms with van der Waals surface area (Å²) in [4.78, 5) is 14.4. The average Bonchev–Trinajstić information content (AvgIpc) is 3.94. The SMILES string of the molecule is O=c1c2cccc(-c3cccc(-n4c5ccccc5c5cc(-c6ccc7c(c6)c6ccccc6n7-c6ccccc6)ccc54)c3)c2c2cccc3c4ccccc4n1c32. The molecule has 0 unspecified atom stereocenters. The van der Waals surface area contributed by atoms with Crippen molar-refractivity contribution in [2.45, 2.75) is 0 Å². The zero-order chi connectivity index (χ0) is 38.8. The van der Waals surface area contributed by atoms with E-state index in [1.807, 2.05) is 34.7 Å². The van der Waals surface area contributed by atoms with Gasteiger partial charge in [0.1, 0.15) is 0 Å². The monoisotopic (exact) mass is 751 g/mol. The molecule has 0 N–H and O–H groups in total. The highest BCUT2D eigenvalue weighted by molar-refractivity contribution is 6.23. The van der Waals surface area contributed by atoms with E-state index in [1.54, 1.807) is 0 Å². The van der Waals surface area contributed by atoms with Gasteiger partial charge in [-0.1, -0.05) is 127 Å². The maximum atomic E-state index is 14.4. The Balaban J connectivity index is 0.987. The number of rotatable bonds is 4. The predicted molar refractivity (Wildman–Crippen MR) is 247 cm³/mol. The van der Waals surface area contributed by atoms with Gasteiger partial charge in [0.2, 0.25) is 0 Å². The van der Waals surface area contributed by atoms with Crippen LogP contribution in [0.3, 0.4) is 0 Å². The van der Waals surface area contributed by atoms with E-state index in [9.17, 15) is 4.79 Å². The van der Waals surface area contributed by atoms with Crippen molar-refractivity contribution < 1.29 is 0 Å². The first-order valence-electron chi connectivity index (χ1n) is 20.1. The molecule has 0 saturated carbocycles. The summed E-state index contributed by atoms with van der Waals surface area (Å²) in [5.41, 5.74) is 13.4. The van der Waals surface area contributed by atoms with Gasteiger partial charge in [-0.3, -0.25) is 9.20 Å². The highest BCUT2D eigenvalue weighted by Crippen LogP contribution is 2.41. The van der Waals surface area contributed by atoms with E-state index >= 15 is 0 Å². The number of para-hydroxylation sites is 5.